The summed E-state index contributed by atoms with van der Waals surface area (Å²) < 4.78 is 0. The molecule has 3 heteroatoms. The van der Waals surface area contributed by atoms with E-state index in [4.69, 9.17) is 0 Å². The number of hydrogen-bond donors (Lipinski definition) is 1. The van der Waals surface area contributed by atoms with E-state index in [9.17, 15) is 0 Å². The summed E-state index contributed by atoms with van der Waals surface area (Å²) in [7, 11) is 2.23. The lowest BCUT2D eigenvalue weighted by molar-refractivity contribution is 0.269. The average Bonchev–Trinajstić information content (AvgIpc) is 2.94. The van der Waals surface area contributed by atoms with Crippen LogP contribution in [0, 0.1) is 5.92 Å². The van der Waals surface area contributed by atoms with E-state index in [0.717, 1.165) is 19.0 Å². The first kappa shape index (κ1) is 16.5. The molecule has 3 nitrogen and oxygen atoms in total. The molecule has 0 spiro atoms. The Hall–Kier alpha value is -0.900. The van der Waals surface area contributed by atoms with Crippen molar-refractivity contribution in [2.45, 2.75) is 26.3 Å². The summed E-state index contributed by atoms with van der Waals surface area (Å²) in [4.78, 5) is 5.07. The quantitative estimate of drug-likeness (QED) is 0.753. The second-order valence-corrected chi connectivity index (χ2v) is 6.34. The van der Waals surface area contributed by atoms with Crippen LogP contribution in [0.1, 0.15) is 25.3 Å². The van der Waals surface area contributed by atoms with E-state index >= 15 is 0 Å². The van der Waals surface area contributed by atoms with Crippen molar-refractivity contribution in [3.63, 3.8) is 0 Å². The average molecular weight is 289 g/mol. The highest BCUT2D eigenvalue weighted by molar-refractivity contribution is 5.14. The van der Waals surface area contributed by atoms with Crippen molar-refractivity contribution in [2.24, 2.45) is 5.92 Å². The Labute approximate surface area is 130 Å². The van der Waals surface area contributed by atoms with Gasteiger partial charge in [0.05, 0.1) is 0 Å². The van der Waals surface area contributed by atoms with Crippen molar-refractivity contribution in [1.29, 1.82) is 0 Å². The fourth-order valence-corrected chi connectivity index (χ4v) is 3.17. The maximum atomic E-state index is 3.48. The van der Waals surface area contributed by atoms with E-state index in [2.05, 4.69) is 59.4 Å². The van der Waals surface area contributed by atoms with Crippen LogP contribution in [0.25, 0.3) is 0 Å². The zero-order valence-corrected chi connectivity index (χ0v) is 13.7. The molecule has 1 aliphatic heterocycles. The van der Waals surface area contributed by atoms with Crippen LogP contribution in [0.4, 0.5) is 0 Å². The first-order chi connectivity index (χ1) is 10.3. The van der Waals surface area contributed by atoms with Gasteiger partial charge in [0, 0.05) is 13.1 Å². The van der Waals surface area contributed by atoms with Gasteiger partial charge in [0.15, 0.2) is 0 Å². The number of rotatable bonds is 9. The predicted molar refractivity (Wildman–Crippen MR) is 90.5 cm³/mol. The summed E-state index contributed by atoms with van der Waals surface area (Å²) >= 11 is 0. The van der Waals surface area contributed by atoms with Crippen molar-refractivity contribution in [1.82, 2.24) is 15.1 Å². The molecule has 1 atom stereocenters. The summed E-state index contributed by atoms with van der Waals surface area (Å²) in [5.74, 6) is 0.868. The summed E-state index contributed by atoms with van der Waals surface area (Å²) in [6, 6.07) is 10.8. The van der Waals surface area contributed by atoms with Crippen LogP contribution in [0.2, 0.25) is 0 Å². The number of hydrogen-bond acceptors (Lipinski definition) is 3. The molecule has 21 heavy (non-hydrogen) atoms. The van der Waals surface area contributed by atoms with Gasteiger partial charge in [-0.15, -0.1) is 0 Å². The SMILES string of the molecule is CCNCC1CCN(CCCN(C)Cc2ccccc2)C1. The van der Waals surface area contributed by atoms with Crippen molar-refractivity contribution in [2.75, 3.05) is 46.3 Å². The van der Waals surface area contributed by atoms with Crippen LogP contribution in [-0.2, 0) is 6.54 Å². The van der Waals surface area contributed by atoms with Crippen LogP contribution in [0.3, 0.4) is 0 Å². The molecule has 1 saturated heterocycles. The third kappa shape index (κ3) is 6.16. The standard InChI is InChI=1S/C18H31N3/c1-3-19-14-18-10-13-21(16-18)12-7-11-20(2)15-17-8-5-4-6-9-17/h4-6,8-9,18-19H,3,7,10-16H2,1-2H3. The van der Waals surface area contributed by atoms with Gasteiger partial charge in [0.25, 0.3) is 0 Å². The summed E-state index contributed by atoms with van der Waals surface area (Å²) in [6.07, 6.45) is 2.64. The molecule has 0 radical (unpaired) electrons. The molecule has 0 amide bonds. The molecule has 0 aromatic heterocycles. The monoisotopic (exact) mass is 289 g/mol. The molecular formula is C18H31N3. The van der Waals surface area contributed by atoms with Gasteiger partial charge in [-0.05, 0) is 64.1 Å². The number of nitrogens with one attached hydrogen (secondary N) is 1. The Morgan fingerprint density at radius 1 is 1.29 bits per heavy atom. The van der Waals surface area contributed by atoms with Crippen molar-refractivity contribution in [3.8, 4) is 0 Å². The molecule has 1 unspecified atom stereocenters. The lowest BCUT2D eigenvalue weighted by Crippen LogP contribution is -2.29. The van der Waals surface area contributed by atoms with Crippen molar-refractivity contribution < 1.29 is 0 Å². The summed E-state index contributed by atoms with van der Waals surface area (Å²) in [5.41, 5.74) is 1.41. The van der Waals surface area contributed by atoms with Gasteiger partial charge < -0.3 is 15.1 Å². The van der Waals surface area contributed by atoms with Gasteiger partial charge in [0.1, 0.15) is 0 Å². The molecule has 1 N–H and O–H groups in total. The van der Waals surface area contributed by atoms with Gasteiger partial charge in [-0.25, -0.2) is 0 Å². The van der Waals surface area contributed by atoms with Gasteiger partial charge >= 0.3 is 0 Å². The minimum Gasteiger partial charge on any atom is -0.317 e. The van der Waals surface area contributed by atoms with E-state index in [0.29, 0.717) is 0 Å². The Balaban J connectivity index is 1.57. The van der Waals surface area contributed by atoms with Gasteiger partial charge in [-0.1, -0.05) is 37.3 Å². The zero-order valence-electron chi connectivity index (χ0n) is 13.7. The normalized spacial score (nSPS) is 19.5. The largest absolute Gasteiger partial charge is 0.317 e. The molecule has 2 rings (SSSR count). The Bertz CT molecular complexity index is 379. The van der Waals surface area contributed by atoms with E-state index in [-0.39, 0.29) is 0 Å². The second-order valence-electron chi connectivity index (χ2n) is 6.34. The fourth-order valence-electron chi connectivity index (χ4n) is 3.17. The van der Waals surface area contributed by atoms with E-state index < -0.39 is 0 Å². The maximum absolute atomic E-state index is 3.48. The molecule has 1 aromatic rings. The van der Waals surface area contributed by atoms with E-state index in [1.54, 1.807) is 0 Å². The minimum atomic E-state index is 0.868. The van der Waals surface area contributed by atoms with Crippen molar-refractivity contribution in [3.05, 3.63) is 35.9 Å². The molecule has 1 fully saturated rings. The smallest absolute Gasteiger partial charge is 0.0230 e. The van der Waals surface area contributed by atoms with E-state index in [1.165, 1.54) is 51.1 Å². The number of benzene rings is 1. The molecule has 0 saturated carbocycles. The van der Waals surface area contributed by atoms with E-state index in [1.807, 2.05) is 0 Å². The molecule has 0 aliphatic carbocycles. The number of likely N-dealkylation sites (tertiary alicyclic amines) is 1. The van der Waals surface area contributed by atoms with Crippen LogP contribution in [0.5, 0.6) is 0 Å². The molecular weight excluding hydrogens is 258 g/mol. The highest BCUT2D eigenvalue weighted by Gasteiger charge is 2.21. The zero-order chi connectivity index (χ0) is 14.9. The third-order valence-electron chi connectivity index (χ3n) is 4.36. The summed E-state index contributed by atoms with van der Waals surface area (Å²) in [5, 5.41) is 3.48. The molecule has 118 valence electrons. The predicted octanol–water partition coefficient (Wildman–Crippen LogP) is 2.44. The maximum Gasteiger partial charge on any atom is 0.0230 e. The highest BCUT2D eigenvalue weighted by Crippen LogP contribution is 2.15. The lowest BCUT2D eigenvalue weighted by atomic mass is 10.1. The molecule has 1 heterocycles. The first-order valence-corrected chi connectivity index (χ1v) is 8.43. The van der Waals surface area contributed by atoms with Gasteiger partial charge in [0.2, 0.25) is 0 Å². The number of nitrogens with zero attached hydrogens (tertiary/aromatic N) is 2. The highest BCUT2D eigenvalue weighted by atomic mass is 15.2. The Morgan fingerprint density at radius 3 is 2.86 bits per heavy atom. The van der Waals surface area contributed by atoms with Crippen LogP contribution >= 0.6 is 0 Å². The topological polar surface area (TPSA) is 18.5 Å². The molecule has 1 aliphatic rings. The summed E-state index contributed by atoms with van der Waals surface area (Å²) in [6.45, 7) is 10.6. The van der Waals surface area contributed by atoms with Crippen LogP contribution < -0.4 is 5.32 Å². The second kappa shape index (κ2) is 9.19. The lowest BCUT2D eigenvalue weighted by Gasteiger charge is -2.20. The minimum absolute atomic E-state index is 0.868. The van der Waals surface area contributed by atoms with Gasteiger partial charge in [-0.3, -0.25) is 0 Å². The Kier molecular flexibility index (Phi) is 7.20. The third-order valence-corrected chi connectivity index (χ3v) is 4.36. The Morgan fingerprint density at radius 2 is 2.10 bits per heavy atom. The van der Waals surface area contributed by atoms with Gasteiger partial charge in [-0.2, -0.15) is 0 Å². The molecule has 0 bridgehead atoms. The van der Waals surface area contributed by atoms with Crippen LogP contribution in [-0.4, -0.2) is 56.1 Å². The van der Waals surface area contributed by atoms with Crippen molar-refractivity contribution >= 4 is 0 Å². The van der Waals surface area contributed by atoms with Crippen LogP contribution in [0.15, 0.2) is 30.3 Å². The fraction of sp³-hybridized carbons (Fsp3) is 0.667. The molecule has 1 aromatic carbocycles. The first-order valence-electron chi connectivity index (χ1n) is 8.43.